The van der Waals surface area contributed by atoms with E-state index in [-0.39, 0.29) is 12.5 Å². The van der Waals surface area contributed by atoms with Crippen LogP contribution in [-0.2, 0) is 31.4 Å². The van der Waals surface area contributed by atoms with Crippen LogP contribution in [0, 0.1) is 0 Å². The molecule has 2 N–H and O–H groups in total. The molecule has 8 nitrogen and oxygen atoms in total. The van der Waals surface area contributed by atoms with Crippen LogP contribution in [0.4, 0.5) is 0 Å². The summed E-state index contributed by atoms with van der Waals surface area (Å²) in [5, 5.41) is 11.3. The first-order chi connectivity index (χ1) is 15.4. The summed E-state index contributed by atoms with van der Waals surface area (Å²) in [5.41, 5.74) is 3.54. The number of benzene rings is 1. The molecule has 1 fully saturated rings. The molecule has 0 bridgehead atoms. The van der Waals surface area contributed by atoms with Crippen LogP contribution < -0.4 is 10.6 Å². The predicted octanol–water partition coefficient (Wildman–Crippen LogP) is 1.77. The fourth-order valence-electron chi connectivity index (χ4n) is 3.92. The van der Waals surface area contributed by atoms with Crippen molar-refractivity contribution < 1.29 is 4.79 Å². The maximum atomic E-state index is 12.1. The Morgan fingerprint density at radius 3 is 2.59 bits per heavy atom. The maximum Gasteiger partial charge on any atom is 0.241 e. The van der Waals surface area contributed by atoms with Gasteiger partial charge in [-0.15, -0.1) is 0 Å². The van der Waals surface area contributed by atoms with Crippen LogP contribution in [0.3, 0.4) is 0 Å². The standard InChI is InChI=1S/C24H37N7O/c1-5-22-20(18-30(4)28-22)15-25-24(26-16-23(32)29(2)3)27-21-11-13-31(14-12-21)17-19-9-7-6-8-10-19/h6-10,18,21H,5,11-17H2,1-4H3,(H2,25,26,27). The van der Waals surface area contributed by atoms with E-state index in [0.29, 0.717) is 18.5 Å². The monoisotopic (exact) mass is 439 g/mol. The number of nitrogens with zero attached hydrogens (tertiary/aromatic N) is 5. The number of aryl methyl sites for hydroxylation is 2. The summed E-state index contributed by atoms with van der Waals surface area (Å²) >= 11 is 0. The number of guanidine groups is 1. The molecular weight excluding hydrogens is 402 g/mol. The van der Waals surface area contributed by atoms with Gasteiger partial charge in [-0.1, -0.05) is 37.3 Å². The van der Waals surface area contributed by atoms with Crippen molar-refractivity contribution >= 4 is 11.9 Å². The Morgan fingerprint density at radius 1 is 1.22 bits per heavy atom. The minimum absolute atomic E-state index is 0.0211. The van der Waals surface area contributed by atoms with Crippen LogP contribution in [0.2, 0.25) is 0 Å². The highest BCUT2D eigenvalue weighted by Gasteiger charge is 2.20. The van der Waals surface area contributed by atoms with Gasteiger partial charge in [-0.2, -0.15) is 5.10 Å². The van der Waals surface area contributed by atoms with Crippen molar-refractivity contribution in [3.8, 4) is 0 Å². The Kier molecular flexibility index (Phi) is 8.67. The van der Waals surface area contributed by atoms with Crippen molar-refractivity contribution in [1.82, 2.24) is 30.2 Å². The molecule has 8 heteroatoms. The van der Waals surface area contributed by atoms with Gasteiger partial charge < -0.3 is 15.5 Å². The third-order valence-corrected chi connectivity index (χ3v) is 5.82. The van der Waals surface area contributed by atoms with Gasteiger partial charge in [0.25, 0.3) is 0 Å². The number of aliphatic imine (C=N–C) groups is 1. The second-order valence-electron chi connectivity index (χ2n) is 8.62. The van der Waals surface area contributed by atoms with E-state index in [1.54, 1.807) is 19.0 Å². The Balaban J connectivity index is 1.58. The molecule has 1 saturated heterocycles. The van der Waals surface area contributed by atoms with E-state index in [1.807, 2.05) is 17.9 Å². The van der Waals surface area contributed by atoms with E-state index in [4.69, 9.17) is 4.99 Å². The Labute approximate surface area is 191 Å². The van der Waals surface area contributed by atoms with Crippen molar-refractivity contribution in [2.75, 3.05) is 33.7 Å². The SMILES string of the molecule is CCc1nn(C)cc1CN=C(NCC(=O)N(C)C)NC1CCN(Cc2ccccc2)CC1. The topological polar surface area (TPSA) is 77.8 Å². The molecule has 3 rings (SSSR count). The first-order valence-corrected chi connectivity index (χ1v) is 11.5. The van der Waals surface area contributed by atoms with Crippen LogP contribution in [0.25, 0.3) is 0 Å². The molecule has 32 heavy (non-hydrogen) atoms. The molecule has 1 amide bonds. The summed E-state index contributed by atoms with van der Waals surface area (Å²) in [7, 11) is 5.46. The minimum Gasteiger partial charge on any atom is -0.354 e. The summed E-state index contributed by atoms with van der Waals surface area (Å²) in [6.07, 6.45) is 4.98. The van der Waals surface area contributed by atoms with E-state index >= 15 is 0 Å². The van der Waals surface area contributed by atoms with Gasteiger partial charge in [-0.05, 0) is 24.8 Å². The maximum absolute atomic E-state index is 12.1. The molecule has 0 saturated carbocycles. The lowest BCUT2D eigenvalue weighted by Crippen LogP contribution is -2.50. The highest BCUT2D eigenvalue weighted by Crippen LogP contribution is 2.14. The van der Waals surface area contributed by atoms with Crippen LogP contribution in [-0.4, -0.2) is 71.2 Å². The Hall–Kier alpha value is -2.87. The van der Waals surface area contributed by atoms with E-state index < -0.39 is 0 Å². The van der Waals surface area contributed by atoms with E-state index in [1.165, 1.54) is 5.56 Å². The highest BCUT2D eigenvalue weighted by atomic mass is 16.2. The highest BCUT2D eigenvalue weighted by molar-refractivity contribution is 5.86. The second kappa shape index (κ2) is 11.7. The molecular formula is C24H37N7O. The Morgan fingerprint density at radius 2 is 1.94 bits per heavy atom. The van der Waals surface area contributed by atoms with Gasteiger partial charge in [0.1, 0.15) is 0 Å². The fourth-order valence-corrected chi connectivity index (χ4v) is 3.92. The lowest BCUT2D eigenvalue weighted by molar-refractivity contribution is -0.127. The number of likely N-dealkylation sites (tertiary alicyclic amines) is 1. The largest absolute Gasteiger partial charge is 0.354 e. The van der Waals surface area contributed by atoms with E-state index in [0.717, 1.165) is 50.2 Å². The van der Waals surface area contributed by atoms with Gasteiger partial charge in [0.05, 0.1) is 18.8 Å². The van der Waals surface area contributed by atoms with Crippen molar-refractivity contribution in [3.05, 3.63) is 53.3 Å². The minimum atomic E-state index is 0.0211. The summed E-state index contributed by atoms with van der Waals surface area (Å²) in [6, 6.07) is 11.0. The normalized spacial score (nSPS) is 15.6. The number of aromatic nitrogens is 2. The molecule has 0 aliphatic carbocycles. The fraction of sp³-hybridized carbons (Fsp3) is 0.542. The number of piperidine rings is 1. The molecule has 1 aromatic heterocycles. The van der Waals surface area contributed by atoms with Crippen LogP contribution in [0.15, 0.2) is 41.5 Å². The Bertz CT molecular complexity index is 883. The van der Waals surface area contributed by atoms with Crippen LogP contribution in [0.5, 0.6) is 0 Å². The summed E-state index contributed by atoms with van der Waals surface area (Å²) in [6.45, 7) is 5.93. The number of carbonyl (C=O) groups is 1. The number of hydrogen-bond acceptors (Lipinski definition) is 4. The zero-order valence-electron chi connectivity index (χ0n) is 19.8. The van der Waals surface area contributed by atoms with E-state index in [2.05, 4.69) is 57.9 Å². The smallest absolute Gasteiger partial charge is 0.241 e. The predicted molar refractivity (Wildman–Crippen MR) is 128 cm³/mol. The van der Waals surface area contributed by atoms with Crippen LogP contribution >= 0.6 is 0 Å². The first-order valence-electron chi connectivity index (χ1n) is 11.5. The number of amides is 1. The van der Waals surface area contributed by atoms with Crippen LogP contribution in [0.1, 0.15) is 36.6 Å². The quantitative estimate of drug-likeness (QED) is 0.484. The van der Waals surface area contributed by atoms with Gasteiger partial charge >= 0.3 is 0 Å². The van der Waals surface area contributed by atoms with Gasteiger partial charge in [-0.25, -0.2) is 4.99 Å². The molecule has 2 aromatic rings. The third kappa shape index (κ3) is 7.09. The molecule has 0 spiro atoms. The molecule has 0 unspecified atom stereocenters. The molecule has 2 heterocycles. The van der Waals surface area contributed by atoms with Gasteiger partial charge in [0, 0.05) is 58.6 Å². The van der Waals surface area contributed by atoms with Gasteiger partial charge in [-0.3, -0.25) is 14.4 Å². The lowest BCUT2D eigenvalue weighted by Gasteiger charge is -2.33. The van der Waals surface area contributed by atoms with Crippen molar-refractivity contribution in [3.63, 3.8) is 0 Å². The van der Waals surface area contributed by atoms with Gasteiger partial charge in [0.2, 0.25) is 5.91 Å². The lowest BCUT2D eigenvalue weighted by atomic mass is 10.0. The number of nitrogens with one attached hydrogen (secondary N) is 2. The second-order valence-corrected chi connectivity index (χ2v) is 8.62. The molecule has 1 aliphatic heterocycles. The molecule has 0 atom stereocenters. The first kappa shape index (κ1) is 23.8. The number of likely N-dealkylation sites (N-methyl/N-ethyl adjacent to an activating group) is 1. The number of rotatable bonds is 8. The zero-order chi connectivity index (χ0) is 22.9. The van der Waals surface area contributed by atoms with Crippen molar-refractivity contribution in [1.29, 1.82) is 0 Å². The van der Waals surface area contributed by atoms with E-state index in [9.17, 15) is 4.79 Å². The summed E-state index contributed by atoms with van der Waals surface area (Å²) < 4.78 is 1.84. The number of hydrogen-bond donors (Lipinski definition) is 2. The van der Waals surface area contributed by atoms with Gasteiger partial charge in [0.15, 0.2) is 5.96 Å². The molecule has 174 valence electrons. The number of carbonyl (C=O) groups excluding carboxylic acids is 1. The summed E-state index contributed by atoms with van der Waals surface area (Å²) in [4.78, 5) is 21.0. The molecule has 1 aromatic carbocycles. The molecule has 0 radical (unpaired) electrons. The zero-order valence-corrected chi connectivity index (χ0v) is 19.8. The third-order valence-electron chi connectivity index (χ3n) is 5.82. The van der Waals surface area contributed by atoms with Crippen molar-refractivity contribution in [2.24, 2.45) is 12.0 Å². The van der Waals surface area contributed by atoms with Crippen molar-refractivity contribution in [2.45, 2.75) is 45.3 Å². The average molecular weight is 440 g/mol. The summed E-state index contributed by atoms with van der Waals surface area (Å²) in [5.74, 6) is 0.709. The average Bonchev–Trinajstić information content (AvgIpc) is 3.16. The molecule has 1 aliphatic rings.